The molecule has 0 radical (unpaired) electrons. The highest BCUT2D eigenvalue weighted by Crippen LogP contribution is 2.31. The van der Waals surface area contributed by atoms with Gasteiger partial charge in [0.15, 0.2) is 11.5 Å². The van der Waals surface area contributed by atoms with E-state index in [0.717, 1.165) is 16.9 Å². The molecular weight excluding hydrogens is 330 g/mol. The number of thiazole rings is 1. The van der Waals surface area contributed by atoms with Crippen molar-refractivity contribution in [3.63, 3.8) is 0 Å². The van der Waals surface area contributed by atoms with Crippen molar-refractivity contribution in [2.45, 2.75) is 12.7 Å². The molecule has 0 bridgehead atoms. The molecule has 3 rings (SSSR count). The first kappa shape index (κ1) is 16.2. The molecule has 1 aliphatic rings. The minimum absolute atomic E-state index is 0.206. The minimum Gasteiger partial charge on any atom is -0.486 e. The smallest absolute Gasteiger partial charge is 0.350 e. The van der Waals surface area contributed by atoms with Crippen LogP contribution in [0.15, 0.2) is 53.9 Å². The normalized spacial score (nSPS) is 16.7. The lowest BCUT2D eigenvalue weighted by molar-refractivity contribution is 0.0604. The molecule has 1 unspecified atom stereocenters. The molecule has 0 aliphatic carbocycles. The molecule has 1 atom stereocenters. The Balaban J connectivity index is 1.92. The van der Waals surface area contributed by atoms with Gasteiger partial charge in [-0.3, -0.25) is 0 Å². The van der Waals surface area contributed by atoms with Gasteiger partial charge >= 0.3 is 5.97 Å². The van der Waals surface area contributed by atoms with E-state index in [1.165, 1.54) is 25.0 Å². The second-order valence-corrected chi connectivity index (χ2v) is 5.74. The average molecular weight is 345 g/mol. The van der Waals surface area contributed by atoms with Crippen LogP contribution in [0.1, 0.15) is 20.9 Å². The monoisotopic (exact) mass is 345 g/mol. The van der Waals surface area contributed by atoms with Gasteiger partial charge in [-0.25, -0.2) is 9.78 Å². The Bertz CT molecular complexity index is 781. The Morgan fingerprint density at radius 3 is 2.92 bits per heavy atom. The third kappa shape index (κ3) is 3.32. The summed E-state index contributed by atoms with van der Waals surface area (Å²) in [5.74, 6) is -0.102. The fourth-order valence-corrected chi connectivity index (χ4v) is 2.87. The van der Waals surface area contributed by atoms with Gasteiger partial charge < -0.3 is 19.3 Å². The Morgan fingerprint density at radius 2 is 2.17 bits per heavy atom. The van der Waals surface area contributed by atoms with Crippen molar-refractivity contribution in [1.82, 2.24) is 4.98 Å². The number of carbonyl (C=O) groups is 1. The quantitative estimate of drug-likeness (QED) is 0.840. The molecule has 1 aromatic carbocycles. The number of benzene rings is 1. The standard InChI is InChI=1S/C17H15NO5S/c1-21-17(20)16-13(18-10-24-16)15-14(12(19)7-8-22-15)23-9-11-5-3-2-4-6-11/h2-8,10,12,19H,9H2,1H3. The highest BCUT2D eigenvalue weighted by Gasteiger charge is 2.28. The number of aliphatic hydroxyl groups is 1. The zero-order valence-corrected chi connectivity index (χ0v) is 13.7. The molecule has 6 nitrogen and oxygen atoms in total. The van der Waals surface area contributed by atoms with Crippen LogP contribution in [0.2, 0.25) is 0 Å². The molecule has 1 N–H and O–H groups in total. The van der Waals surface area contributed by atoms with Gasteiger partial charge in [0.05, 0.1) is 18.9 Å². The van der Waals surface area contributed by atoms with E-state index >= 15 is 0 Å². The van der Waals surface area contributed by atoms with Crippen LogP contribution < -0.4 is 0 Å². The molecule has 124 valence electrons. The van der Waals surface area contributed by atoms with Crippen molar-refractivity contribution >= 4 is 23.1 Å². The number of esters is 1. The van der Waals surface area contributed by atoms with E-state index in [1.54, 1.807) is 0 Å². The Hall–Kier alpha value is -2.64. The SMILES string of the molecule is COC(=O)c1scnc1C1=C(OCc2ccccc2)C(O)C=CO1. The van der Waals surface area contributed by atoms with Gasteiger partial charge in [0.2, 0.25) is 0 Å². The van der Waals surface area contributed by atoms with Crippen molar-refractivity contribution in [3.05, 3.63) is 70.1 Å². The van der Waals surface area contributed by atoms with Crippen LogP contribution in [0.25, 0.3) is 5.76 Å². The maximum Gasteiger partial charge on any atom is 0.350 e. The fourth-order valence-electron chi connectivity index (χ4n) is 2.17. The number of hydrogen-bond acceptors (Lipinski definition) is 7. The molecule has 1 aromatic heterocycles. The predicted molar refractivity (Wildman–Crippen MR) is 87.8 cm³/mol. The molecule has 2 aromatic rings. The molecule has 0 spiro atoms. The summed E-state index contributed by atoms with van der Waals surface area (Å²) < 4.78 is 16.0. The maximum atomic E-state index is 11.9. The summed E-state index contributed by atoms with van der Waals surface area (Å²) in [4.78, 5) is 16.3. The van der Waals surface area contributed by atoms with Crippen molar-refractivity contribution in [2.24, 2.45) is 0 Å². The van der Waals surface area contributed by atoms with Crippen molar-refractivity contribution < 1.29 is 24.1 Å². The lowest BCUT2D eigenvalue weighted by Crippen LogP contribution is -2.17. The summed E-state index contributed by atoms with van der Waals surface area (Å²) in [6, 6.07) is 9.53. The number of carbonyl (C=O) groups excluding carboxylic acids is 1. The Kier molecular flexibility index (Phi) is 4.93. The molecule has 0 saturated heterocycles. The third-order valence-corrected chi connectivity index (χ3v) is 4.14. The summed E-state index contributed by atoms with van der Waals surface area (Å²) in [5, 5.41) is 10.2. The van der Waals surface area contributed by atoms with E-state index in [0.29, 0.717) is 5.69 Å². The summed E-state index contributed by atoms with van der Waals surface area (Å²) in [7, 11) is 1.30. The highest BCUT2D eigenvalue weighted by atomic mass is 32.1. The molecule has 2 heterocycles. The first-order valence-electron chi connectivity index (χ1n) is 7.15. The minimum atomic E-state index is -0.982. The van der Waals surface area contributed by atoms with Crippen LogP contribution in [-0.4, -0.2) is 29.3 Å². The summed E-state index contributed by atoms with van der Waals surface area (Å²) in [6.07, 6.45) is 1.81. The first-order chi connectivity index (χ1) is 11.7. The van der Waals surface area contributed by atoms with Gasteiger partial charge in [-0.15, -0.1) is 11.3 Å². The number of nitrogens with zero attached hydrogens (tertiary/aromatic N) is 1. The van der Waals surface area contributed by atoms with Gasteiger partial charge in [0, 0.05) is 0 Å². The molecule has 1 aliphatic heterocycles. The number of methoxy groups -OCH3 is 1. The van der Waals surface area contributed by atoms with E-state index in [4.69, 9.17) is 14.2 Å². The molecule has 24 heavy (non-hydrogen) atoms. The number of aliphatic hydroxyl groups excluding tert-OH is 1. The summed E-state index contributed by atoms with van der Waals surface area (Å²) in [6.45, 7) is 0.256. The highest BCUT2D eigenvalue weighted by molar-refractivity contribution is 7.11. The van der Waals surface area contributed by atoms with Crippen molar-refractivity contribution in [2.75, 3.05) is 7.11 Å². The van der Waals surface area contributed by atoms with Crippen molar-refractivity contribution in [1.29, 1.82) is 0 Å². The summed E-state index contributed by atoms with van der Waals surface area (Å²) >= 11 is 1.13. The summed E-state index contributed by atoms with van der Waals surface area (Å²) in [5.41, 5.74) is 2.74. The first-order valence-corrected chi connectivity index (χ1v) is 8.03. The van der Waals surface area contributed by atoms with Gasteiger partial charge in [-0.1, -0.05) is 30.3 Å². The van der Waals surface area contributed by atoms with Crippen LogP contribution in [-0.2, 0) is 20.8 Å². The molecule has 0 fully saturated rings. The molecule has 0 saturated carbocycles. The second-order valence-electron chi connectivity index (χ2n) is 4.88. The molecular formula is C17H15NO5S. The van der Waals surface area contributed by atoms with E-state index in [2.05, 4.69) is 4.98 Å². The van der Waals surface area contributed by atoms with Crippen LogP contribution in [0.5, 0.6) is 0 Å². The largest absolute Gasteiger partial charge is 0.486 e. The zero-order chi connectivity index (χ0) is 16.9. The fraction of sp³-hybridized carbons (Fsp3) is 0.176. The van der Waals surface area contributed by atoms with E-state index in [1.807, 2.05) is 30.3 Å². The van der Waals surface area contributed by atoms with Gasteiger partial charge in [-0.05, 0) is 11.6 Å². The van der Waals surface area contributed by atoms with Gasteiger partial charge in [0.1, 0.15) is 23.3 Å². The number of ether oxygens (including phenoxy) is 3. The number of hydrogen-bond donors (Lipinski definition) is 1. The lowest BCUT2D eigenvalue weighted by atomic mass is 10.1. The zero-order valence-electron chi connectivity index (χ0n) is 12.8. The van der Waals surface area contributed by atoms with E-state index in [-0.39, 0.29) is 23.0 Å². The number of rotatable bonds is 5. The Labute approximate surface area is 142 Å². The maximum absolute atomic E-state index is 11.9. The molecule has 7 heteroatoms. The van der Waals surface area contributed by atoms with Gasteiger partial charge in [-0.2, -0.15) is 0 Å². The van der Waals surface area contributed by atoms with Crippen LogP contribution in [0, 0.1) is 0 Å². The third-order valence-electron chi connectivity index (χ3n) is 3.33. The van der Waals surface area contributed by atoms with E-state index in [9.17, 15) is 9.90 Å². The average Bonchev–Trinajstić information content (AvgIpc) is 3.10. The number of aromatic nitrogens is 1. The van der Waals surface area contributed by atoms with Crippen LogP contribution >= 0.6 is 11.3 Å². The van der Waals surface area contributed by atoms with Crippen LogP contribution in [0.3, 0.4) is 0 Å². The van der Waals surface area contributed by atoms with E-state index < -0.39 is 12.1 Å². The second kappa shape index (κ2) is 7.29. The Morgan fingerprint density at radius 1 is 1.38 bits per heavy atom. The lowest BCUT2D eigenvalue weighted by Gasteiger charge is -2.21. The predicted octanol–water partition coefficient (Wildman–Crippen LogP) is 2.72. The van der Waals surface area contributed by atoms with Crippen LogP contribution in [0.4, 0.5) is 0 Å². The van der Waals surface area contributed by atoms with Gasteiger partial charge in [0.25, 0.3) is 0 Å². The molecule has 0 amide bonds. The topological polar surface area (TPSA) is 77.9 Å². The van der Waals surface area contributed by atoms with Crippen molar-refractivity contribution in [3.8, 4) is 0 Å².